The Morgan fingerprint density at radius 1 is 1.39 bits per heavy atom. The number of pyridine rings is 1. The van der Waals surface area contributed by atoms with Gasteiger partial charge >= 0.3 is 0 Å². The average Bonchev–Trinajstić information content (AvgIpc) is 2.32. The molecule has 1 amide bonds. The van der Waals surface area contributed by atoms with Gasteiger partial charge in [0, 0.05) is 9.77 Å². The molecule has 3 N–H and O–H groups in total. The van der Waals surface area contributed by atoms with Crippen LogP contribution in [0.3, 0.4) is 0 Å². The molecule has 2 aromatic rings. The Kier molecular flexibility index (Phi) is 3.75. The number of nitrogens with zero attached hydrogens (tertiary/aromatic N) is 1. The Hall–Kier alpha value is -1.70. The molecule has 0 radical (unpaired) electrons. The highest BCUT2D eigenvalue weighted by Gasteiger charge is 2.12. The number of carbonyl (C=O) groups is 1. The van der Waals surface area contributed by atoms with Crippen LogP contribution in [0, 0.1) is 9.39 Å². The Labute approximate surface area is 117 Å². The van der Waals surface area contributed by atoms with E-state index < -0.39 is 0 Å². The molecule has 0 atom stereocenters. The predicted octanol–water partition coefficient (Wildman–Crippen LogP) is 2.66. The second-order valence-electron chi connectivity index (χ2n) is 3.52. The number of hydrogen-bond acceptors (Lipinski definition) is 3. The van der Waals surface area contributed by atoms with Crippen molar-refractivity contribution < 1.29 is 9.18 Å². The number of carbonyl (C=O) groups excluding carboxylic acids is 1. The van der Waals surface area contributed by atoms with Crippen LogP contribution in [0.15, 0.2) is 36.5 Å². The summed E-state index contributed by atoms with van der Waals surface area (Å²) in [6, 6.07) is 7.26. The van der Waals surface area contributed by atoms with Gasteiger partial charge < -0.3 is 11.1 Å². The first-order valence-corrected chi connectivity index (χ1v) is 6.12. The molecule has 0 aliphatic rings. The molecule has 1 heterocycles. The van der Waals surface area contributed by atoms with Crippen LogP contribution in [0.1, 0.15) is 10.4 Å². The number of benzene rings is 1. The molecule has 0 aliphatic heterocycles. The number of nitrogens with two attached hydrogens (primary N) is 1. The summed E-state index contributed by atoms with van der Waals surface area (Å²) in [6.45, 7) is 0. The molecule has 0 unspecified atom stereocenters. The highest BCUT2D eigenvalue weighted by molar-refractivity contribution is 14.1. The van der Waals surface area contributed by atoms with Gasteiger partial charge in [0.2, 0.25) is 0 Å². The number of rotatable bonds is 2. The van der Waals surface area contributed by atoms with Gasteiger partial charge in [-0.1, -0.05) is 0 Å². The van der Waals surface area contributed by atoms with E-state index >= 15 is 0 Å². The van der Waals surface area contributed by atoms with Crippen LogP contribution >= 0.6 is 22.6 Å². The lowest BCUT2D eigenvalue weighted by atomic mass is 10.2. The number of anilines is 2. The second-order valence-corrected chi connectivity index (χ2v) is 4.68. The number of amides is 1. The Bertz CT molecular complexity index is 604. The van der Waals surface area contributed by atoms with Crippen molar-refractivity contribution in [3.05, 3.63) is 51.5 Å². The predicted molar refractivity (Wildman–Crippen MR) is 75.7 cm³/mol. The third kappa shape index (κ3) is 2.76. The maximum absolute atomic E-state index is 12.9. The summed E-state index contributed by atoms with van der Waals surface area (Å²) in [4.78, 5) is 15.9. The molecule has 0 spiro atoms. The van der Waals surface area contributed by atoms with Gasteiger partial charge in [0.15, 0.2) is 5.82 Å². The summed E-state index contributed by atoms with van der Waals surface area (Å²) in [5.41, 5.74) is 6.42. The van der Waals surface area contributed by atoms with E-state index in [4.69, 9.17) is 5.73 Å². The van der Waals surface area contributed by atoms with E-state index in [0.717, 1.165) is 0 Å². The lowest BCUT2D eigenvalue weighted by Gasteiger charge is -2.08. The van der Waals surface area contributed by atoms with E-state index in [0.29, 0.717) is 20.6 Å². The Balaban J connectivity index is 2.25. The van der Waals surface area contributed by atoms with Crippen LogP contribution in [0.4, 0.5) is 15.9 Å². The van der Waals surface area contributed by atoms with E-state index in [2.05, 4.69) is 10.3 Å². The van der Waals surface area contributed by atoms with Crippen molar-refractivity contribution in [2.24, 2.45) is 0 Å². The first-order valence-electron chi connectivity index (χ1n) is 5.05. The summed E-state index contributed by atoms with van der Waals surface area (Å²) in [7, 11) is 0. The van der Waals surface area contributed by atoms with Crippen molar-refractivity contribution in [2.75, 3.05) is 11.1 Å². The van der Waals surface area contributed by atoms with Gasteiger partial charge in [0.05, 0.1) is 11.3 Å². The smallest absolute Gasteiger partial charge is 0.257 e. The third-order valence-corrected chi connectivity index (χ3v) is 3.14. The van der Waals surface area contributed by atoms with Crippen LogP contribution in [-0.2, 0) is 0 Å². The zero-order chi connectivity index (χ0) is 13.1. The molecule has 2 rings (SSSR count). The quantitative estimate of drug-likeness (QED) is 0.813. The maximum atomic E-state index is 12.9. The number of halogens is 2. The highest BCUT2D eigenvalue weighted by atomic mass is 127. The standard InChI is InChI=1S/C12H9FIN3O/c13-7-3-4-8(9(14)6-7)12(18)17-11-10(15)2-1-5-16-11/h1-6H,15H2,(H,16,17,18). The minimum atomic E-state index is -0.381. The van der Waals surface area contributed by atoms with Crippen LogP contribution in [0.25, 0.3) is 0 Å². The first-order chi connectivity index (χ1) is 8.58. The number of hydrogen-bond donors (Lipinski definition) is 2. The van der Waals surface area contributed by atoms with E-state index in [1.54, 1.807) is 12.1 Å². The Morgan fingerprint density at radius 2 is 2.17 bits per heavy atom. The molecular weight excluding hydrogens is 348 g/mol. The van der Waals surface area contributed by atoms with Gasteiger partial charge in [-0.2, -0.15) is 0 Å². The topological polar surface area (TPSA) is 68.0 Å². The van der Waals surface area contributed by atoms with E-state index in [-0.39, 0.29) is 11.7 Å². The van der Waals surface area contributed by atoms with Crippen LogP contribution < -0.4 is 11.1 Å². The van der Waals surface area contributed by atoms with Gasteiger partial charge in [0.1, 0.15) is 5.82 Å². The highest BCUT2D eigenvalue weighted by Crippen LogP contribution is 2.18. The summed E-state index contributed by atoms with van der Waals surface area (Å²) in [6.07, 6.45) is 1.53. The van der Waals surface area contributed by atoms with Gasteiger partial charge in [0.25, 0.3) is 5.91 Å². The van der Waals surface area contributed by atoms with Gasteiger partial charge in [-0.15, -0.1) is 0 Å². The lowest BCUT2D eigenvalue weighted by Crippen LogP contribution is -2.15. The fourth-order valence-corrected chi connectivity index (χ4v) is 2.09. The van der Waals surface area contributed by atoms with Crippen LogP contribution in [0.2, 0.25) is 0 Å². The SMILES string of the molecule is Nc1cccnc1NC(=O)c1ccc(F)cc1I. The zero-order valence-electron chi connectivity index (χ0n) is 9.15. The number of nitrogens with one attached hydrogen (secondary N) is 1. The molecule has 0 fully saturated rings. The molecule has 0 saturated carbocycles. The van der Waals surface area contributed by atoms with Gasteiger partial charge in [-0.3, -0.25) is 4.79 Å². The van der Waals surface area contributed by atoms with Crippen molar-refractivity contribution in [2.45, 2.75) is 0 Å². The summed E-state index contributed by atoms with van der Waals surface area (Å²) < 4.78 is 13.5. The number of nitrogen functional groups attached to an aromatic ring is 1. The average molecular weight is 357 g/mol. The minimum absolute atomic E-state index is 0.294. The minimum Gasteiger partial charge on any atom is -0.396 e. The molecule has 1 aromatic carbocycles. The van der Waals surface area contributed by atoms with Crippen molar-refractivity contribution in [3.8, 4) is 0 Å². The summed E-state index contributed by atoms with van der Waals surface area (Å²) >= 11 is 1.90. The first kappa shape index (κ1) is 12.7. The molecule has 0 bridgehead atoms. The van der Waals surface area contributed by atoms with E-state index in [1.807, 2.05) is 22.6 Å². The van der Waals surface area contributed by atoms with Gasteiger partial charge in [-0.05, 0) is 52.9 Å². The lowest BCUT2D eigenvalue weighted by molar-refractivity contribution is 0.102. The van der Waals surface area contributed by atoms with Crippen molar-refractivity contribution >= 4 is 40.0 Å². The van der Waals surface area contributed by atoms with Gasteiger partial charge in [-0.25, -0.2) is 9.37 Å². The Morgan fingerprint density at radius 3 is 2.83 bits per heavy atom. The molecule has 1 aromatic heterocycles. The molecule has 0 saturated heterocycles. The molecule has 18 heavy (non-hydrogen) atoms. The third-order valence-electron chi connectivity index (χ3n) is 2.25. The van der Waals surface area contributed by atoms with Crippen LogP contribution in [-0.4, -0.2) is 10.9 Å². The molecule has 6 heteroatoms. The zero-order valence-corrected chi connectivity index (χ0v) is 11.3. The van der Waals surface area contributed by atoms with Crippen molar-refractivity contribution in [1.29, 1.82) is 0 Å². The fourth-order valence-electron chi connectivity index (χ4n) is 1.37. The monoisotopic (exact) mass is 357 g/mol. The maximum Gasteiger partial charge on any atom is 0.257 e. The van der Waals surface area contributed by atoms with Crippen molar-refractivity contribution in [3.63, 3.8) is 0 Å². The fraction of sp³-hybridized carbons (Fsp3) is 0. The van der Waals surface area contributed by atoms with E-state index in [1.165, 1.54) is 24.4 Å². The summed E-state index contributed by atoms with van der Waals surface area (Å²) in [5, 5.41) is 2.58. The van der Waals surface area contributed by atoms with Crippen LogP contribution in [0.5, 0.6) is 0 Å². The largest absolute Gasteiger partial charge is 0.396 e. The number of aromatic nitrogens is 1. The molecule has 0 aliphatic carbocycles. The molecule has 92 valence electrons. The molecular formula is C12H9FIN3O. The second kappa shape index (κ2) is 5.30. The summed E-state index contributed by atoms with van der Waals surface area (Å²) in [5.74, 6) is -0.458. The van der Waals surface area contributed by atoms with E-state index in [9.17, 15) is 9.18 Å². The normalized spacial score (nSPS) is 10.1. The molecule has 4 nitrogen and oxygen atoms in total. The van der Waals surface area contributed by atoms with Crippen molar-refractivity contribution in [1.82, 2.24) is 4.98 Å².